The Morgan fingerprint density at radius 2 is 2.19 bits per heavy atom. The van der Waals surface area contributed by atoms with E-state index >= 15 is 0 Å². The highest BCUT2D eigenvalue weighted by molar-refractivity contribution is 5.28. The van der Waals surface area contributed by atoms with Gasteiger partial charge >= 0.3 is 0 Å². The molecule has 0 aliphatic heterocycles. The van der Waals surface area contributed by atoms with Gasteiger partial charge in [0.1, 0.15) is 5.60 Å². The van der Waals surface area contributed by atoms with Gasteiger partial charge in [-0.1, -0.05) is 13.0 Å². The summed E-state index contributed by atoms with van der Waals surface area (Å²) < 4.78 is 5.95. The van der Waals surface area contributed by atoms with E-state index in [0.717, 1.165) is 17.9 Å². The largest absolute Gasteiger partial charge is 0.471 e. The topological polar surface area (TPSA) is 34.1 Å². The minimum absolute atomic E-state index is 0.170. The van der Waals surface area contributed by atoms with E-state index in [-0.39, 0.29) is 11.6 Å². The van der Waals surface area contributed by atoms with E-state index < -0.39 is 0 Å². The first-order valence-electron chi connectivity index (χ1n) is 5.81. The van der Waals surface area contributed by atoms with Crippen LogP contribution in [-0.2, 0) is 0 Å². The third-order valence-electron chi connectivity index (χ3n) is 2.92. The van der Waals surface area contributed by atoms with E-state index in [1.165, 1.54) is 0 Å². The molecule has 0 aliphatic carbocycles. The van der Waals surface area contributed by atoms with Crippen LogP contribution in [0.15, 0.2) is 18.3 Å². The summed E-state index contributed by atoms with van der Waals surface area (Å²) in [6, 6.07) is 4.24. The number of ether oxygens (including phenoxy) is 1. The van der Waals surface area contributed by atoms with E-state index in [2.05, 4.69) is 44.1 Å². The second-order valence-electron chi connectivity index (χ2n) is 4.62. The smallest absolute Gasteiger partial charge is 0.218 e. The van der Waals surface area contributed by atoms with Crippen LogP contribution in [0.25, 0.3) is 0 Å². The zero-order valence-corrected chi connectivity index (χ0v) is 10.9. The lowest BCUT2D eigenvalue weighted by Crippen LogP contribution is -2.28. The number of hydrogen-bond donors (Lipinski definition) is 1. The van der Waals surface area contributed by atoms with Gasteiger partial charge in [0.15, 0.2) is 0 Å². The number of nitrogens with zero attached hydrogens (tertiary/aromatic N) is 1. The minimum Gasteiger partial charge on any atom is -0.471 e. The fourth-order valence-electron chi connectivity index (χ4n) is 1.31. The molecule has 0 radical (unpaired) electrons. The molecule has 0 amide bonds. The van der Waals surface area contributed by atoms with Crippen molar-refractivity contribution in [3.63, 3.8) is 0 Å². The average Bonchev–Trinajstić information content (AvgIpc) is 2.28. The first kappa shape index (κ1) is 13.0. The van der Waals surface area contributed by atoms with E-state index in [9.17, 15) is 0 Å². The van der Waals surface area contributed by atoms with Crippen LogP contribution < -0.4 is 10.1 Å². The molecule has 1 N–H and O–H groups in total. The van der Waals surface area contributed by atoms with Gasteiger partial charge in [-0.25, -0.2) is 4.98 Å². The van der Waals surface area contributed by atoms with Crippen molar-refractivity contribution in [1.29, 1.82) is 0 Å². The maximum atomic E-state index is 5.95. The molecule has 16 heavy (non-hydrogen) atoms. The highest BCUT2D eigenvalue weighted by Crippen LogP contribution is 2.26. The second kappa shape index (κ2) is 5.30. The van der Waals surface area contributed by atoms with Gasteiger partial charge in [-0.15, -0.1) is 0 Å². The number of hydrogen-bond acceptors (Lipinski definition) is 3. The summed E-state index contributed by atoms with van der Waals surface area (Å²) in [5, 5.41) is 3.21. The summed E-state index contributed by atoms with van der Waals surface area (Å²) in [5.74, 6) is 0.733. The Bertz CT molecular complexity index is 336. The van der Waals surface area contributed by atoms with Crippen LogP contribution in [0.4, 0.5) is 0 Å². The zero-order valence-electron chi connectivity index (χ0n) is 10.9. The number of pyridine rings is 1. The molecule has 1 atom stereocenters. The molecular weight excluding hydrogens is 200 g/mol. The first-order valence-corrected chi connectivity index (χ1v) is 5.81. The second-order valence-corrected chi connectivity index (χ2v) is 4.62. The summed E-state index contributed by atoms with van der Waals surface area (Å²) >= 11 is 0. The van der Waals surface area contributed by atoms with E-state index in [0.29, 0.717) is 0 Å². The Balaban J connectivity index is 2.95. The normalized spacial score (nSPS) is 13.6. The van der Waals surface area contributed by atoms with Crippen molar-refractivity contribution in [2.24, 2.45) is 0 Å². The minimum atomic E-state index is -0.170. The van der Waals surface area contributed by atoms with Crippen molar-refractivity contribution >= 4 is 0 Å². The zero-order chi connectivity index (χ0) is 12.2. The third-order valence-corrected chi connectivity index (χ3v) is 2.92. The van der Waals surface area contributed by atoms with Crippen LogP contribution in [0.5, 0.6) is 5.88 Å². The van der Waals surface area contributed by atoms with E-state index in [1.807, 2.05) is 13.1 Å². The van der Waals surface area contributed by atoms with Crippen molar-refractivity contribution < 1.29 is 4.74 Å². The molecule has 3 nitrogen and oxygen atoms in total. The SMILES string of the molecule is CCC(C)(C)Oc1ncccc1C(C)NC. The summed E-state index contributed by atoms with van der Waals surface area (Å²) in [4.78, 5) is 4.32. The molecule has 0 aromatic carbocycles. The fourth-order valence-corrected chi connectivity index (χ4v) is 1.31. The first-order chi connectivity index (χ1) is 7.50. The monoisotopic (exact) mass is 222 g/mol. The molecule has 1 aromatic rings. The molecule has 90 valence electrons. The molecule has 0 spiro atoms. The lowest BCUT2D eigenvalue weighted by atomic mass is 10.1. The molecule has 0 bridgehead atoms. The highest BCUT2D eigenvalue weighted by Gasteiger charge is 2.20. The molecule has 0 saturated heterocycles. The molecule has 1 heterocycles. The Kier molecular flexibility index (Phi) is 4.30. The number of rotatable bonds is 5. The lowest BCUT2D eigenvalue weighted by molar-refractivity contribution is 0.0968. The average molecular weight is 222 g/mol. The molecule has 0 fully saturated rings. The third kappa shape index (κ3) is 3.20. The predicted octanol–water partition coefficient (Wildman–Crippen LogP) is 2.93. The maximum absolute atomic E-state index is 5.95. The summed E-state index contributed by atoms with van der Waals surface area (Å²) in [7, 11) is 1.94. The molecule has 3 heteroatoms. The van der Waals surface area contributed by atoms with Crippen LogP contribution in [0.2, 0.25) is 0 Å². The van der Waals surface area contributed by atoms with Gasteiger partial charge in [0.2, 0.25) is 5.88 Å². The van der Waals surface area contributed by atoms with Gasteiger partial charge in [0.05, 0.1) is 0 Å². The fraction of sp³-hybridized carbons (Fsp3) is 0.615. The highest BCUT2D eigenvalue weighted by atomic mass is 16.5. The number of aromatic nitrogens is 1. The Morgan fingerprint density at radius 1 is 1.50 bits per heavy atom. The quantitative estimate of drug-likeness (QED) is 0.831. The van der Waals surface area contributed by atoms with Crippen molar-refractivity contribution in [3.05, 3.63) is 23.9 Å². The van der Waals surface area contributed by atoms with Gasteiger partial charge < -0.3 is 10.1 Å². The summed E-state index contributed by atoms with van der Waals surface area (Å²) in [6.07, 6.45) is 2.73. The molecule has 1 unspecified atom stereocenters. The summed E-state index contributed by atoms with van der Waals surface area (Å²) in [6.45, 7) is 8.37. The molecule has 0 aliphatic rings. The molecule has 1 aromatic heterocycles. The molecular formula is C13H22N2O. The van der Waals surface area contributed by atoms with Gasteiger partial charge in [-0.3, -0.25) is 0 Å². The van der Waals surface area contributed by atoms with Crippen LogP contribution in [-0.4, -0.2) is 17.6 Å². The Hall–Kier alpha value is -1.09. The van der Waals surface area contributed by atoms with Crippen molar-refractivity contribution in [3.8, 4) is 5.88 Å². The Labute approximate surface area is 98.2 Å². The van der Waals surface area contributed by atoms with Gasteiger partial charge in [0, 0.05) is 17.8 Å². The maximum Gasteiger partial charge on any atom is 0.218 e. The van der Waals surface area contributed by atoms with Crippen molar-refractivity contribution in [2.45, 2.75) is 45.8 Å². The molecule has 0 saturated carbocycles. The van der Waals surface area contributed by atoms with Crippen LogP contribution >= 0.6 is 0 Å². The van der Waals surface area contributed by atoms with Gasteiger partial charge in [-0.05, 0) is 40.3 Å². The van der Waals surface area contributed by atoms with E-state index in [1.54, 1.807) is 6.20 Å². The predicted molar refractivity (Wildman–Crippen MR) is 66.7 cm³/mol. The van der Waals surface area contributed by atoms with Crippen molar-refractivity contribution in [2.75, 3.05) is 7.05 Å². The van der Waals surface area contributed by atoms with Crippen molar-refractivity contribution in [1.82, 2.24) is 10.3 Å². The number of nitrogens with one attached hydrogen (secondary N) is 1. The van der Waals surface area contributed by atoms with Gasteiger partial charge in [-0.2, -0.15) is 0 Å². The van der Waals surface area contributed by atoms with Crippen LogP contribution in [0, 0.1) is 0 Å². The van der Waals surface area contributed by atoms with Crippen LogP contribution in [0.1, 0.15) is 45.7 Å². The Morgan fingerprint density at radius 3 is 2.75 bits per heavy atom. The van der Waals surface area contributed by atoms with E-state index in [4.69, 9.17) is 4.74 Å². The van der Waals surface area contributed by atoms with Crippen LogP contribution in [0.3, 0.4) is 0 Å². The van der Waals surface area contributed by atoms with Gasteiger partial charge in [0.25, 0.3) is 0 Å². The summed E-state index contributed by atoms with van der Waals surface area (Å²) in [5.41, 5.74) is 0.933. The lowest BCUT2D eigenvalue weighted by Gasteiger charge is -2.26. The molecule has 1 rings (SSSR count). The standard InChI is InChI=1S/C13H22N2O/c1-6-13(3,4)16-12-11(10(2)14-5)8-7-9-15-12/h7-10,14H,6H2,1-5H3.